The maximum atomic E-state index is 11.3. The van der Waals surface area contributed by atoms with Crippen LogP contribution < -0.4 is 0 Å². The van der Waals surface area contributed by atoms with Crippen LogP contribution in [0.5, 0.6) is 0 Å². The third-order valence-electron chi connectivity index (χ3n) is 2.54. The molecule has 0 radical (unpaired) electrons. The van der Waals surface area contributed by atoms with Crippen LogP contribution in [-0.4, -0.2) is 57.8 Å². The first kappa shape index (κ1) is 14.7. The average Bonchev–Trinajstić information content (AvgIpc) is 2.58. The summed E-state index contributed by atoms with van der Waals surface area (Å²) in [6, 6.07) is -0.586. The standard InChI is InChI=1S/C11H17N3O3S/c1-7(15)18-10-8(12-6-13-10)5-9(11(16)17)14(2,3)4/h6,9H,5H2,1-4H3,(H-,12,13,16,17)/p+1/t9-/m0/s1. The summed E-state index contributed by atoms with van der Waals surface area (Å²) in [4.78, 5) is 29.3. The largest absolute Gasteiger partial charge is 0.477 e. The fraction of sp³-hybridized carbons (Fsp3) is 0.545. The Morgan fingerprint density at radius 2 is 2.11 bits per heavy atom. The SMILES string of the molecule is CC(=O)Sc1nc[nH]c1C[C@@H](C(=O)O)[N+](C)(C)C. The molecular formula is C11H18N3O3S+. The number of quaternary nitrogens is 1. The summed E-state index contributed by atoms with van der Waals surface area (Å²) in [7, 11) is 5.48. The summed E-state index contributed by atoms with van der Waals surface area (Å²) < 4.78 is 0.304. The summed E-state index contributed by atoms with van der Waals surface area (Å²) in [5.41, 5.74) is 0.690. The van der Waals surface area contributed by atoms with Crippen molar-refractivity contribution in [2.45, 2.75) is 24.4 Å². The number of aliphatic carboxylic acids is 1. The van der Waals surface area contributed by atoms with Crippen LogP contribution in [0.15, 0.2) is 11.4 Å². The van der Waals surface area contributed by atoms with E-state index < -0.39 is 12.0 Å². The van der Waals surface area contributed by atoms with Crippen molar-refractivity contribution in [1.29, 1.82) is 0 Å². The van der Waals surface area contributed by atoms with Gasteiger partial charge in [0.2, 0.25) is 0 Å². The second-order valence-electron chi connectivity index (χ2n) is 4.95. The second-order valence-corrected chi connectivity index (χ2v) is 6.12. The van der Waals surface area contributed by atoms with Crippen molar-refractivity contribution in [2.75, 3.05) is 21.1 Å². The van der Waals surface area contributed by atoms with E-state index in [1.165, 1.54) is 13.3 Å². The van der Waals surface area contributed by atoms with E-state index >= 15 is 0 Å². The van der Waals surface area contributed by atoms with Gasteiger partial charge in [-0.3, -0.25) is 4.79 Å². The first-order chi connectivity index (χ1) is 8.21. The van der Waals surface area contributed by atoms with Crippen molar-refractivity contribution in [3.05, 3.63) is 12.0 Å². The minimum atomic E-state index is -0.865. The van der Waals surface area contributed by atoms with E-state index in [2.05, 4.69) is 9.97 Å². The first-order valence-corrected chi connectivity index (χ1v) is 6.28. The van der Waals surface area contributed by atoms with E-state index in [0.717, 1.165) is 11.8 Å². The molecule has 0 aliphatic heterocycles. The van der Waals surface area contributed by atoms with Gasteiger partial charge in [-0.25, -0.2) is 9.78 Å². The molecule has 7 heteroatoms. The molecule has 1 heterocycles. The van der Waals surface area contributed by atoms with Crippen LogP contribution >= 0.6 is 11.8 Å². The maximum absolute atomic E-state index is 11.3. The topological polar surface area (TPSA) is 83.0 Å². The number of carboxylic acid groups (broad SMARTS) is 1. The van der Waals surface area contributed by atoms with Gasteiger partial charge in [0.15, 0.2) is 11.2 Å². The van der Waals surface area contributed by atoms with Crippen molar-refractivity contribution in [2.24, 2.45) is 0 Å². The monoisotopic (exact) mass is 272 g/mol. The molecule has 1 aromatic heterocycles. The highest BCUT2D eigenvalue weighted by molar-refractivity contribution is 8.13. The molecule has 0 spiro atoms. The van der Waals surface area contributed by atoms with E-state index in [4.69, 9.17) is 0 Å². The molecule has 0 amide bonds. The molecule has 0 aliphatic carbocycles. The van der Waals surface area contributed by atoms with Gasteiger partial charge in [0.05, 0.1) is 39.6 Å². The number of aromatic amines is 1. The summed E-state index contributed by atoms with van der Waals surface area (Å²) in [5, 5.41) is 9.75. The van der Waals surface area contributed by atoms with Crippen LogP contribution in [0.3, 0.4) is 0 Å². The second kappa shape index (κ2) is 5.53. The molecule has 0 saturated carbocycles. The third-order valence-corrected chi connectivity index (χ3v) is 3.37. The van der Waals surface area contributed by atoms with E-state index in [-0.39, 0.29) is 5.12 Å². The molecule has 100 valence electrons. The third kappa shape index (κ3) is 3.85. The number of hydrogen-bond donors (Lipinski definition) is 2. The number of hydrogen-bond acceptors (Lipinski definition) is 4. The minimum absolute atomic E-state index is 0.0690. The number of likely N-dealkylation sites (N-methyl/N-ethyl adjacent to an activating group) is 1. The zero-order valence-corrected chi connectivity index (χ0v) is 11.7. The summed E-state index contributed by atoms with van der Waals surface area (Å²) in [5.74, 6) is -0.865. The molecule has 0 bridgehead atoms. The Labute approximate surface area is 110 Å². The molecule has 6 nitrogen and oxygen atoms in total. The number of rotatable bonds is 5. The zero-order valence-electron chi connectivity index (χ0n) is 10.9. The molecule has 2 N–H and O–H groups in total. The van der Waals surface area contributed by atoms with Crippen molar-refractivity contribution >= 4 is 22.8 Å². The molecular weight excluding hydrogens is 254 g/mol. The van der Waals surface area contributed by atoms with Crippen LogP contribution in [0.2, 0.25) is 0 Å². The highest BCUT2D eigenvalue weighted by Gasteiger charge is 2.33. The fourth-order valence-electron chi connectivity index (χ4n) is 1.56. The molecule has 1 aromatic rings. The average molecular weight is 272 g/mol. The summed E-state index contributed by atoms with van der Waals surface area (Å²) in [6.45, 7) is 1.46. The number of thioether (sulfide) groups is 1. The molecule has 0 aliphatic rings. The van der Waals surface area contributed by atoms with Gasteiger partial charge in [0, 0.05) is 6.92 Å². The van der Waals surface area contributed by atoms with Crippen LogP contribution in [0.1, 0.15) is 12.6 Å². The Balaban J connectivity index is 2.92. The summed E-state index contributed by atoms with van der Waals surface area (Å²) in [6.07, 6.45) is 1.80. The number of aromatic nitrogens is 2. The lowest BCUT2D eigenvalue weighted by molar-refractivity contribution is -0.887. The zero-order chi connectivity index (χ0) is 13.9. The van der Waals surface area contributed by atoms with Crippen LogP contribution in [0.25, 0.3) is 0 Å². The van der Waals surface area contributed by atoms with Gasteiger partial charge in [-0.2, -0.15) is 0 Å². The Bertz CT molecular complexity index is 451. The quantitative estimate of drug-likeness (QED) is 0.610. The Morgan fingerprint density at radius 1 is 1.50 bits per heavy atom. The molecule has 0 fully saturated rings. The number of nitrogens with zero attached hydrogens (tertiary/aromatic N) is 2. The van der Waals surface area contributed by atoms with E-state index in [1.807, 2.05) is 21.1 Å². The molecule has 0 saturated heterocycles. The van der Waals surface area contributed by atoms with Crippen molar-refractivity contribution < 1.29 is 19.2 Å². The van der Waals surface area contributed by atoms with Gasteiger partial charge in [-0.05, 0) is 11.8 Å². The number of carbonyl (C=O) groups is 2. The van der Waals surface area contributed by atoms with E-state index in [0.29, 0.717) is 21.6 Å². The van der Waals surface area contributed by atoms with Crippen LogP contribution in [0.4, 0.5) is 0 Å². The Morgan fingerprint density at radius 3 is 2.56 bits per heavy atom. The number of carboxylic acids is 1. The van der Waals surface area contributed by atoms with Gasteiger partial charge >= 0.3 is 5.97 Å². The fourth-order valence-corrected chi connectivity index (χ4v) is 2.21. The van der Waals surface area contributed by atoms with Gasteiger partial charge in [0.25, 0.3) is 0 Å². The van der Waals surface area contributed by atoms with Crippen LogP contribution in [-0.2, 0) is 16.0 Å². The number of imidazole rings is 1. The Kier molecular flexibility index (Phi) is 4.53. The smallest absolute Gasteiger partial charge is 0.362 e. The lowest BCUT2D eigenvalue weighted by Crippen LogP contribution is -2.51. The minimum Gasteiger partial charge on any atom is -0.477 e. The first-order valence-electron chi connectivity index (χ1n) is 5.46. The number of carbonyl (C=O) groups excluding carboxylic acids is 1. The number of H-pyrrole nitrogens is 1. The van der Waals surface area contributed by atoms with Gasteiger partial charge in [-0.1, -0.05) is 0 Å². The van der Waals surface area contributed by atoms with Crippen molar-refractivity contribution in [3.63, 3.8) is 0 Å². The van der Waals surface area contributed by atoms with Gasteiger partial charge < -0.3 is 14.6 Å². The van der Waals surface area contributed by atoms with Crippen LogP contribution in [0, 0.1) is 0 Å². The summed E-state index contributed by atoms with van der Waals surface area (Å²) >= 11 is 1.01. The van der Waals surface area contributed by atoms with E-state index in [1.54, 1.807) is 0 Å². The lowest BCUT2D eigenvalue weighted by atomic mass is 10.1. The van der Waals surface area contributed by atoms with Crippen molar-refractivity contribution in [3.8, 4) is 0 Å². The maximum Gasteiger partial charge on any atom is 0.362 e. The molecule has 18 heavy (non-hydrogen) atoms. The van der Waals surface area contributed by atoms with Gasteiger partial charge in [0.1, 0.15) is 5.03 Å². The van der Waals surface area contributed by atoms with Crippen molar-refractivity contribution in [1.82, 2.24) is 9.97 Å². The molecule has 1 rings (SSSR count). The molecule has 0 aromatic carbocycles. The predicted molar refractivity (Wildman–Crippen MR) is 68.3 cm³/mol. The predicted octanol–water partition coefficient (Wildman–Crippen LogP) is 0.750. The lowest BCUT2D eigenvalue weighted by Gasteiger charge is -2.30. The molecule has 1 atom stereocenters. The van der Waals surface area contributed by atoms with Gasteiger partial charge in [-0.15, -0.1) is 0 Å². The normalized spacial score (nSPS) is 13.3. The number of nitrogens with one attached hydrogen (secondary N) is 1. The highest BCUT2D eigenvalue weighted by atomic mass is 32.2. The molecule has 0 unspecified atom stereocenters. The Hall–Kier alpha value is -1.34. The van der Waals surface area contributed by atoms with E-state index in [9.17, 15) is 14.7 Å². The highest BCUT2D eigenvalue weighted by Crippen LogP contribution is 2.22.